The van der Waals surface area contributed by atoms with Gasteiger partial charge in [-0.3, -0.25) is 20.4 Å². The molecule has 2 heterocycles. The highest BCUT2D eigenvalue weighted by Crippen LogP contribution is 2.34. The third-order valence-electron chi connectivity index (χ3n) is 4.76. The lowest BCUT2D eigenvalue weighted by Gasteiger charge is -2.30. The molecule has 0 aliphatic carbocycles. The van der Waals surface area contributed by atoms with E-state index in [-0.39, 0.29) is 11.9 Å². The zero-order chi connectivity index (χ0) is 19.0. The fourth-order valence-corrected chi connectivity index (χ4v) is 3.55. The minimum atomic E-state index is -0.397. The topological polar surface area (TPSA) is 99.8 Å². The molecule has 7 nitrogen and oxygen atoms in total. The molecule has 1 atom stereocenters. The molecular weight excluding hydrogens is 366 g/mol. The van der Waals surface area contributed by atoms with Crippen LogP contribution in [0.2, 0.25) is 5.02 Å². The van der Waals surface area contributed by atoms with Crippen LogP contribution in [0.25, 0.3) is 0 Å². The largest absolute Gasteiger partial charge is 0.399 e. The molecule has 1 saturated heterocycles. The summed E-state index contributed by atoms with van der Waals surface area (Å²) in [6, 6.07) is 11.6. The Morgan fingerprint density at radius 2 is 1.93 bits per heavy atom. The van der Waals surface area contributed by atoms with Crippen LogP contribution in [0.1, 0.15) is 28.8 Å². The van der Waals surface area contributed by atoms with Crippen molar-refractivity contribution in [3.8, 4) is 0 Å². The van der Waals surface area contributed by atoms with Crippen LogP contribution in [0.15, 0.2) is 47.5 Å². The molecule has 2 aliphatic heterocycles. The van der Waals surface area contributed by atoms with Gasteiger partial charge < -0.3 is 10.6 Å². The number of fused-ring (bicyclic) bond motifs is 2. The Hall–Kier alpha value is -3.06. The number of nitrogens with two attached hydrogens (primary N) is 1. The number of carbonyl (C=O) groups excluding carboxylic acids is 2. The van der Waals surface area contributed by atoms with Crippen LogP contribution in [-0.2, 0) is 11.3 Å². The first-order chi connectivity index (χ1) is 13.0. The summed E-state index contributed by atoms with van der Waals surface area (Å²) in [6.45, 7) is 0.568. The number of rotatable bonds is 2. The summed E-state index contributed by atoms with van der Waals surface area (Å²) in [7, 11) is 0. The van der Waals surface area contributed by atoms with Crippen molar-refractivity contribution in [2.24, 2.45) is 4.99 Å². The molecule has 4 rings (SSSR count). The summed E-state index contributed by atoms with van der Waals surface area (Å²) in [5.74, 6) is 0.218. The molecule has 27 heavy (non-hydrogen) atoms. The molecule has 1 fully saturated rings. The number of halogens is 1. The number of amides is 2. The molecule has 0 saturated carbocycles. The lowest BCUT2D eigenvalue weighted by atomic mass is 10.1. The molecule has 0 bridgehead atoms. The minimum absolute atomic E-state index is 0.269. The molecule has 0 spiro atoms. The Labute approximate surface area is 161 Å². The van der Waals surface area contributed by atoms with E-state index in [1.165, 1.54) is 0 Å². The molecule has 2 aromatic rings. The summed E-state index contributed by atoms with van der Waals surface area (Å²) >= 11 is 6.07. The predicted molar refractivity (Wildman–Crippen MR) is 104 cm³/mol. The quantitative estimate of drug-likeness (QED) is 0.547. The van der Waals surface area contributed by atoms with Gasteiger partial charge in [-0.25, -0.2) is 4.99 Å². The summed E-state index contributed by atoms with van der Waals surface area (Å²) in [5, 5.41) is 0.642. The second kappa shape index (κ2) is 6.92. The van der Waals surface area contributed by atoms with E-state index in [2.05, 4.69) is 15.8 Å². The molecule has 2 aromatic carbocycles. The Balaban J connectivity index is 1.41. The third kappa shape index (κ3) is 3.46. The molecule has 0 radical (unpaired) electrons. The van der Waals surface area contributed by atoms with E-state index in [0.29, 0.717) is 35.7 Å². The van der Waals surface area contributed by atoms with Crippen LogP contribution in [0, 0.1) is 0 Å². The van der Waals surface area contributed by atoms with E-state index in [1.54, 1.807) is 24.3 Å². The van der Waals surface area contributed by atoms with E-state index in [1.807, 2.05) is 23.1 Å². The van der Waals surface area contributed by atoms with E-state index in [4.69, 9.17) is 17.3 Å². The van der Waals surface area contributed by atoms with Gasteiger partial charge in [-0.1, -0.05) is 11.6 Å². The maximum absolute atomic E-state index is 12.6. The minimum Gasteiger partial charge on any atom is -0.399 e. The van der Waals surface area contributed by atoms with Crippen LogP contribution in [0.5, 0.6) is 0 Å². The number of nitrogens with one attached hydrogen (secondary N) is 2. The first kappa shape index (κ1) is 17.4. The van der Waals surface area contributed by atoms with E-state index in [0.717, 1.165) is 17.1 Å². The number of benzene rings is 2. The smallest absolute Gasteiger partial charge is 0.269 e. The molecule has 2 aliphatic rings. The second-order valence-corrected chi connectivity index (χ2v) is 6.99. The van der Waals surface area contributed by atoms with Gasteiger partial charge >= 0.3 is 0 Å². The van der Waals surface area contributed by atoms with Crippen molar-refractivity contribution in [3.63, 3.8) is 0 Å². The number of amidine groups is 1. The summed E-state index contributed by atoms with van der Waals surface area (Å²) < 4.78 is 0. The molecule has 8 heteroatoms. The Bertz CT molecular complexity index is 942. The monoisotopic (exact) mass is 383 g/mol. The van der Waals surface area contributed by atoms with Gasteiger partial charge in [0.1, 0.15) is 11.9 Å². The van der Waals surface area contributed by atoms with Crippen LogP contribution < -0.4 is 16.6 Å². The van der Waals surface area contributed by atoms with Crippen LogP contribution in [-0.4, -0.2) is 28.6 Å². The molecule has 4 N–H and O–H groups in total. The SMILES string of the molecule is Nc1ccc(C(=O)NNC(=O)[C@@H]2CCC3=Nc4ccc(Cl)cc4CN32)cc1. The number of hydrazine groups is 1. The third-order valence-corrected chi connectivity index (χ3v) is 4.99. The lowest BCUT2D eigenvalue weighted by molar-refractivity contribution is -0.125. The highest BCUT2D eigenvalue weighted by Gasteiger charge is 2.37. The average Bonchev–Trinajstić information content (AvgIpc) is 3.07. The van der Waals surface area contributed by atoms with Gasteiger partial charge in [-0.05, 0) is 54.4 Å². The first-order valence-electron chi connectivity index (χ1n) is 8.59. The average molecular weight is 384 g/mol. The molecule has 0 aromatic heterocycles. The number of aliphatic imine (C=N–C) groups is 1. The van der Waals surface area contributed by atoms with Gasteiger partial charge in [0.15, 0.2) is 0 Å². The fourth-order valence-electron chi connectivity index (χ4n) is 3.36. The van der Waals surface area contributed by atoms with Crippen molar-refractivity contribution < 1.29 is 9.59 Å². The molecular formula is C19H18ClN5O2. The van der Waals surface area contributed by atoms with E-state index < -0.39 is 5.91 Å². The van der Waals surface area contributed by atoms with Gasteiger partial charge in [0.25, 0.3) is 11.8 Å². The van der Waals surface area contributed by atoms with E-state index >= 15 is 0 Å². The van der Waals surface area contributed by atoms with Gasteiger partial charge in [0.2, 0.25) is 0 Å². The van der Waals surface area contributed by atoms with Crippen LogP contribution in [0.4, 0.5) is 11.4 Å². The number of nitrogens with zero attached hydrogens (tertiary/aromatic N) is 2. The second-order valence-electron chi connectivity index (χ2n) is 6.55. The van der Waals surface area contributed by atoms with Gasteiger partial charge in [-0.2, -0.15) is 0 Å². The molecule has 0 unspecified atom stereocenters. The Morgan fingerprint density at radius 1 is 1.15 bits per heavy atom. The number of carbonyl (C=O) groups is 2. The van der Waals surface area contributed by atoms with E-state index in [9.17, 15) is 9.59 Å². The standard InChI is InChI=1S/C19H18ClN5O2/c20-13-3-6-15-12(9-13)10-25-16(7-8-17(25)22-15)19(27)24-23-18(26)11-1-4-14(21)5-2-11/h1-6,9,16H,7-8,10,21H2,(H,23,26)(H,24,27)/t16-/m0/s1. The lowest BCUT2D eigenvalue weighted by Crippen LogP contribution is -2.51. The Morgan fingerprint density at radius 3 is 2.70 bits per heavy atom. The summed E-state index contributed by atoms with van der Waals surface area (Å²) in [5.41, 5.74) is 13.4. The van der Waals surface area contributed by atoms with Gasteiger partial charge in [0, 0.05) is 29.2 Å². The summed E-state index contributed by atoms with van der Waals surface area (Å²) in [6.07, 6.45) is 1.36. The zero-order valence-electron chi connectivity index (χ0n) is 14.4. The fraction of sp³-hybridized carbons (Fsp3) is 0.211. The number of hydrogen-bond acceptors (Lipinski definition) is 5. The molecule has 2 amide bonds. The Kier molecular flexibility index (Phi) is 4.45. The van der Waals surface area contributed by atoms with Crippen LogP contribution >= 0.6 is 11.6 Å². The number of hydrogen-bond donors (Lipinski definition) is 3. The van der Waals surface area contributed by atoms with Gasteiger partial charge in [0.05, 0.1) is 5.69 Å². The zero-order valence-corrected chi connectivity index (χ0v) is 15.2. The highest BCUT2D eigenvalue weighted by atomic mass is 35.5. The normalized spacial score (nSPS) is 17.6. The van der Waals surface area contributed by atoms with Crippen molar-refractivity contribution >= 4 is 40.6 Å². The van der Waals surface area contributed by atoms with Crippen molar-refractivity contribution in [1.82, 2.24) is 15.8 Å². The van der Waals surface area contributed by atoms with Crippen molar-refractivity contribution in [2.45, 2.75) is 25.4 Å². The molecule has 138 valence electrons. The van der Waals surface area contributed by atoms with Crippen molar-refractivity contribution in [1.29, 1.82) is 0 Å². The highest BCUT2D eigenvalue weighted by molar-refractivity contribution is 6.30. The van der Waals surface area contributed by atoms with Crippen LogP contribution in [0.3, 0.4) is 0 Å². The predicted octanol–water partition coefficient (Wildman–Crippen LogP) is 2.39. The maximum atomic E-state index is 12.6. The van der Waals surface area contributed by atoms with Crippen molar-refractivity contribution in [2.75, 3.05) is 5.73 Å². The number of anilines is 1. The van der Waals surface area contributed by atoms with Gasteiger partial charge in [-0.15, -0.1) is 0 Å². The summed E-state index contributed by atoms with van der Waals surface area (Å²) in [4.78, 5) is 31.3. The van der Waals surface area contributed by atoms with Crippen molar-refractivity contribution in [3.05, 3.63) is 58.6 Å². The first-order valence-corrected chi connectivity index (χ1v) is 8.97. The maximum Gasteiger partial charge on any atom is 0.269 e. The number of nitrogen functional groups attached to an aromatic ring is 1.